The van der Waals surface area contributed by atoms with Gasteiger partial charge in [0.1, 0.15) is 5.82 Å². The van der Waals surface area contributed by atoms with Crippen LogP contribution in [-0.2, 0) is 6.54 Å². The average molecular weight is 356 g/mol. The third-order valence-electron chi connectivity index (χ3n) is 4.52. The van der Waals surface area contributed by atoms with Gasteiger partial charge in [0.15, 0.2) is 0 Å². The largest absolute Gasteiger partial charge is 0.392 e. The summed E-state index contributed by atoms with van der Waals surface area (Å²) in [5, 5.41) is 10.8. The first-order valence-corrected chi connectivity index (χ1v) is 7.96. The normalized spacial score (nSPS) is 21.6. The number of likely N-dealkylation sites (tertiary alicyclic amines) is 1. The molecule has 0 unspecified atom stereocenters. The zero-order valence-corrected chi connectivity index (χ0v) is 14.2. The number of hydrogen-bond donors (Lipinski definition) is 2. The summed E-state index contributed by atoms with van der Waals surface area (Å²) in [6, 6.07) is 7.68. The number of aliphatic hydroxyl groups is 1. The van der Waals surface area contributed by atoms with Gasteiger partial charge in [0.05, 0.1) is 11.6 Å². The minimum Gasteiger partial charge on any atom is -0.392 e. The molecule has 3 rings (SSSR count). The molecule has 3 N–H and O–H groups in total. The molecule has 1 aromatic heterocycles. The number of piperidine rings is 1. The van der Waals surface area contributed by atoms with Crippen LogP contribution in [0.2, 0.25) is 0 Å². The lowest BCUT2D eigenvalue weighted by Crippen LogP contribution is -2.46. The van der Waals surface area contributed by atoms with Gasteiger partial charge in [0.2, 0.25) is 0 Å². The number of nitrogens with two attached hydrogens (primary N) is 1. The second-order valence-electron chi connectivity index (χ2n) is 6.28. The van der Waals surface area contributed by atoms with E-state index in [1.165, 1.54) is 18.2 Å². The number of hydrogen-bond acceptors (Lipinski definition) is 4. The Morgan fingerprint density at radius 1 is 1.21 bits per heavy atom. The van der Waals surface area contributed by atoms with Crippen LogP contribution < -0.4 is 11.3 Å². The monoisotopic (exact) mass is 355 g/mol. The summed E-state index contributed by atoms with van der Waals surface area (Å²) in [7, 11) is 0. The number of aromatic nitrogens is 1. The van der Waals surface area contributed by atoms with Gasteiger partial charge in [-0.1, -0.05) is 0 Å². The van der Waals surface area contributed by atoms with Crippen molar-refractivity contribution < 1.29 is 9.50 Å². The Hall–Kier alpha value is -1.47. The average Bonchev–Trinajstić information content (AvgIpc) is 2.53. The van der Waals surface area contributed by atoms with E-state index in [-0.39, 0.29) is 35.8 Å². The first kappa shape index (κ1) is 18.9. The smallest absolute Gasteiger partial charge is 0.251 e. The molecule has 0 bridgehead atoms. The Bertz CT molecular complexity index is 752. The van der Waals surface area contributed by atoms with Crippen molar-refractivity contribution >= 4 is 23.3 Å². The van der Waals surface area contributed by atoms with Gasteiger partial charge in [0, 0.05) is 32.2 Å². The Morgan fingerprint density at radius 2 is 1.96 bits per heavy atom. The van der Waals surface area contributed by atoms with Gasteiger partial charge >= 0.3 is 0 Å². The van der Waals surface area contributed by atoms with Crippen LogP contribution in [0.25, 0.3) is 10.9 Å². The minimum atomic E-state index is -0.376. The number of halogens is 2. The molecule has 7 heteroatoms. The third kappa shape index (κ3) is 4.13. The maximum absolute atomic E-state index is 13.5. The summed E-state index contributed by atoms with van der Waals surface area (Å²) < 4.78 is 15.1. The van der Waals surface area contributed by atoms with E-state index in [4.69, 9.17) is 5.73 Å². The molecule has 2 aromatic rings. The fourth-order valence-electron chi connectivity index (χ4n) is 3.36. The van der Waals surface area contributed by atoms with Gasteiger partial charge in [-0.15, -0.1) is 12.4 Å². The van der Waals surface area contributed by atoms with Crippen molar-refractivity contribution in [2.24, 2.45) is 11.7 Å². The lowest BCUT2D eigenvalue weighted by Gasteiger charge is -2.35. The molecule has 132 valence electrons. The predicted molar refractivity (Wildman–Crippen MR) is 95.0 cm³/mol. The highest BCUT2D eigenvalue weighted by atomic mass is 35.5. The molecule has 1 saturated heterocycles. The quantitative estimate of drug-likeness (QED) is 0.864. The predicted octanol–water partition coefficient (Wildman–Crippen LogP) is 1.20. The van der Waals surface area contributed by atoms with Crippen LogP contribution in [0.3, 0.4) is 0 Å². The fraction of sp³-hybridized carbons (Fsp3) is 0.471. The summed E-state index contributed by atoms with van der Waals surface area (Å²) in [6.45, 7) is 3.05. The molecule has 0 radical (unpaired) electrons. The highest BCUT2D eigenvalue weighted by molar-refractivity contribution is 5.85. The number of pyridine rings is 1. The zero-order chi connectivity index (χ0) is 16.4. The maximum Gasteiger partial charge on any atom is 0.251 e. The van der Waals surface area contributed by atoms with E-state index in [0.29, 0.717) is 31.7 Å². The molecule has 0 aliphatic carbocycles. The molecule has 2 heterocycles. The third-order valence-corrected chi connectivity index (χ3v) is 4.52. The SMILES string of the molecule is Cl.NC[C@H]1C[C@@H](O)CN(CCn2c(=O)ccc3ccc(F)cc32)C1. The van der Waals surface area contributed by atoms with Gasteiger partial charge < -0.3 is 15.4 Å². The van der Waals surface area contributed by atoms with Crippen molar-refractivity contribution in [1.82, 2.24) is 9.47 Å². The standard InChI is InChI=1S/C17H22FN3O2.ClH/c18-14-3-1-13-2-4-17(23)21(16(13)8-14)6-5-20-10-12(9-19)7-15(22)11-20;/h1-4,8,12,15,22H,5-7,9-11,19H2;1H/t12-,15-;/m1./s1. The van der Waals surface area contributed by atoms with E-state index in [9.17, 15) is 14.3 Å². The maximum atomic E-state index is 13.5. The van der Waals surface area contributed by atoms with Crippen LogP contribution in [0.1, 0.15) is 6.42 Å². The summed E-state index contributed by atoms with van der Waals surface area (Å²) >= 11 is 0. The second-order valence-corrected chi connectivity index (χ2v) is 6.28. The van der Waals surface area contributed by atoms with E-state index in [1.54, 1.807) is 16.7 Å². The molecule has 5 nitrogen and oxygen atoms in total. The lowest BCUT2D eigenvalue weighted by molar-refractivity contribution is 0.0405. The van der Waals surface area contributed by atoms with E-state index in [1.807, 2.05) is 0 Å². The second kappa shape index (κ2) is 8.07. The molecule has 0 saturated carbocycles. The van der Waals surface area contributed by atoms with E-state index in [2.05, 4.69) is 4.90 Å². The molecular weight excluding hydrogens is 333 g/mol. The van der Waals surface area contributed by atoms with Crippen molar-refractivity contribution in [3.8, 4) is 0 Å². The Labute approximate surface area is 146 Å². The van der Waals surface area contributed by atoms with Crippen LogP contribution >= 0.6 is 12.4 Å². The molecule has 1 aromatic carbocycles. The molecule has 24 heavy (non-hydrogen) atoms. The van der Waals surface area contributed by atoms with Gasteiger partial charge in [-0.05, 0) is 48.5 Å². The molecular formula is C17H23ClFN3O2. The number of aliphatic hydroxyl groups excluding tert-OH is 1. The van der Waals surface area contributed by atoms with Crippen LogP contribution in [-0.4, -0.2) is 46.9 Å². The van der Waals surface area contributed by atoms with Crippen LogP contribution in [0, 0.1) is 11.7 Å². The summed E-state index contributed by atoms with van der Waals surface area (Å²) in [6.07, 6.45) is 0.353. The van der Waals surface area contributed by atoms with E-state index >= 15 is 0 Å². The van der Waals surface area contributed by atoms with Gasteiger partial charge in [-0.25, -0.2) is 4.39 Å². The highest BCUT2D eigenvalue weighted by Crippen LogP contribution is 2.17. The number of fused-ring (bicyclic) bond motifs is 1. The van der Waals surface area contributed by atoms with Gasteiger partial charge in [-0.2, -0.15) is 0 Å². The van der Waals surface area contributed by atoms with Crippen molar-refractivity contribution in [1.29, 1.82) is 0 Å². The van der Waals surface area contributed by atoms with Crippen molar-refractivity contribution in [3.05, 3.63) is 46.5 Å². The number of rotatable bonds is 4. The fourth-order valence-corrected chi connectivity index (χ4v) is 3.36. The van der Waals surface area contributed by atoms with Crippen LogP contribution in [0.5, 0.6) is 0 Å². The molecule has 1 fully saturated rings. The van der Waals surface area contributed by atoms with E-state index in [0.717, 1.165) is 18.4 Å². The lowest BCUT2D eigenvalue weighted by atomic mass is 9.96. The highest BCUT2D eigenvalue weighted by Gasteiger charge is 2.24. The van der Waals surface area contributed by atoms with Crippen LogP contribution in [0.15, 0.2) is 35.1 Å². The number of β-amino-alcohol motifs (C(OH)–C–C–N with tert-alkyl or cyclic N) is 1. The summed E-state index contributed by atoms with van der Waals surface area (Å²) in [5.74, 6) is -0.0751. The summed E-state index contributed by atoms with van der Waals surface area (Å²) in [4.78, 5) is 14.3. The number of benzene rings is 1. The minimum absolute atomic E-state index is 0. The Kier molecular flexibility index (Phi) is 6.34. The van der Waals surface area contributed by atoms with Gasteiger partial charge in [0.25, 0.3) is 5.56 Å². The first-order valence-electron chi connectivity index (χ1n) is 7.96. The molecule has 0 spiro atoms. The molecule has 2 atom stereocenters. The Balaban J connectivity index is 0.00000208. The first-order chi connectivity index (χ1) is 11.1. The molecule has 1 aliphatic heterocycles. The Morgan fingerprint density at radius 3 is 2.71 bits per heavy atom. The molecule has 0 amide bonds. The van der Waals surface area contributed by atoms with Crippen LogP contribution in [0.4, 0.5) is 4.39 Å². The van der Waals surface area contributed by atoms with Crippen molar-refractivity contribution in [2.75, 3.05) is 26.2 Å². The molecule has 1 aliphatic rings. The summed E-state index contributed by atoms with van der Waals surface area (Å²) in [5.41, 5.74) is 6.18. The number of nitrogens with zero attached hydrogens (tertiary/aromatic N) is 2. The van der Waals surface area contributed by atoms with E-state index < -0.39 is 0 Å². The van der Waals surface area contributed by atoms with Gasteiger partial charge in [-0.3, -0.25) is 9.69 Å². The zero-order valence-electron chi connectivity index (χ0n) is 13.4. The topological polar surface area (TPSA) is 71.5 Å². The van der Waals surface area contributed by atoms with Crippen molar-refractivity contribution in [2.45, 2.75) is 19.1 Å². The van der Waals surface area contributed by atoms with Crippen molar-refractivity contribution in [3.63, 3.8) is 0 Å².